The number of amides is 1. The lowest BCUT2D eigenvalue weighted by Gasteiger charge is -2.10. The van der Waals surface area contributed by atoms with Gasteiger partial charge in [-0.15, -0.1) is 0 Å². The van der Waals surface area contributed by atoms with Crippen molar-refractivity contribution in [1.82, 2.24) is 10.6 Å². The molecule has 1 amide bonds. The molecule has 0 bridgehead atoms. The van der Waals surface area contributed by atoms with Gasteiger partial charge >= 0.3 is 0 Å². The summed E-state index contributed by atoms with van der Waals surface area (Å²) < 4.78 is 0. The van der Waals surface area contributed by atoms with Crippen LogP contribution >= 0.6 is 0 Å². The Labute approximate surface area is 139 Å². The molecular weight excluding hydrogens is 284 g/mol. The highest BCUT2D eigenvalue weighted by Gasteiger charge is 2.05. The Balaban J connectivity index is 1.92. The summed E-state index contributed by atoms with van der Waals surface area (Å²) in [5.41, 5.74) is 5.76. The number of hydrogen-bond acceptors (Lipinski definition) is 2. The summed E-state index contributed by atoms with van der Waals surface area (Å²) in [4.78, 5) is 12.0. The molecule has 0 atom stereocenters. The van der Waals surface area contributed by atoms with Crippen LogP contribution in [0.15, 0.2) is 42.5 Å². The number of nitrogens with one attached hydrogen (secondary N) is 2. The van der Waals surface area contributed by atoms with Gasteiger partial charge in [-0.3, -0.25) is 4.79 Å². The lowest BCUT2D eigenvalue weighted by molar-refractivity contribution is 0.0953. The number of rotatable bonds is 7. The van der Waals surface area contributed by atoms with E-state index in [0.29, 0.717) is 6.54 Å². The molecule has 23 heavy (non-hydrogen) atoms. The van der Waals surface area contributed by atoms with Gasteiger partial charge in [0.15, 0.2) is 0 Å². The molecule has 122 valence electrons. The highest BCUT2D eigenvalue weighted by molar-refractivity contribution is 5.94. The van der Waals surface area contributed by atoms with Gasteiger partial charge in [-0.05, 0) is 49.1 Å². The number of aryl methyl sites for hydroxylation is 2. The average molecular weight is 310 g/mol. The summed E-state index contributed by atoms with van der Waals surface area (Å²) >= 11 is 0. The smallest absolute Gasteiger partial charge is 0.251 e. The maximum absolute atomic E-state index is 12.0. The number of benzene rings is 2. The second kappa shape index (κ2) is 8.49. The molecule has 0 aliphatic rings. The van der Waals surface area contributed by atoms with Gasteiger partial charge in [0.05, 0.1) is 0 Å². The van der Waals surface area contributed by atoms with Crippen molar-refractivity contribution in [3.63, 3.8) is 0 Å². The van der Waals surface area contributed by atoms with Crippen molar-refractivity contribution < 1.29 is 4.79 Å². The highest BCUT2D eigenvalue weighted by Crippen LogP contribution is 2.11. The Hall–Kier alpha value is -2.13. The first-order valence-electron chi connectivity index (χ1n) is 8.24. The van der Waals surface area contributed by atoms with Gasteiger partial charge in [0, 0.05) is 25.2 Å². The lowest BCUT2D eigenvalue weighted by Crippen LogP contribution is -2.24. The zero-order chi connectivity index (χ0) is 16.7. The molecule has 0 spiro atoms. The monoisotopic (exact) mass is 310 g/mol. The molecule has 0 unspecified atom stereocenters. The standard InChI is InChI=1S/C20H26N2O/c1-4-10-22-20(23)18-7-5-6-17(12-18)13-21-14-19-9-8-15(2)11-16(19)3/h5-9,11-12,21H,4,10,13-14H2,1-3H3,(H,22,23). The minimum Gasteiger partial charge on any atom is -0.352 e. The fourth-order valence-electron chi connectivity index (χ4n) is 2.55. The Bertz CT molecular complexity index is 664. The van der Waals surface area contributed by atoms with Gasteiger partial charge in [0.25, 0.3) is 5.91 Å². The Morgan fingerprint density at radius 2 is 1.87 bits per heavy atom. The van der Waals surface area contributed by atoms with Crippen molar-refractivity contribution in [3.8, 4) is 0 Å². The van der Waals surface area contributed by atoms with Crippen molar-refractivity contribution in [2.24, 2.45) is 0 Å². The molecule has 0 heterocycles. The van der Waals surface area contributed by atoms with Gasteiger partial charge < -0.3 is 10.6 Å². The number of carbonyl (C=O) groups excluding carboxylic acids is 1. The first-order valence-corrected chi connectivity index (χ1v) is 8.24. The van der Waals surface area contributed by atoms with E-state index in [4.69, 9.17) is 0 Å². The third-order valence-electron chi connectivity index (χ3n) is 3.87. The SMILES string of the molecule is CCCNC(=O)c1cccc(CNCc2ccc(C)cc2C)c1. The molecule has 3 heteroatoms. The van der Waals surface area contributed by atoms with Crippen molar-refractivity contribution in [2.45, 2.75) is 40.3 Å². The summed E-state index contributed by atoms with van der Waals surface area (Å²) in [6, 6.07) is 14.3. The van der Waals surface area contributed by atoms with Crippen LogP contribution in [0.3, 0.4) is 0 Å². The molecule has 2 aromatic rings. The van der Waals surface area contributed by atoms with Gasteiger partial charge in [0.2, 0.25) is 0 Å². The van der Waals surface area contributed by atoms with Crippen LogP contribution in [0, 0.1) is 13.8 Å². The van der Waals surface area contributed by atoms with Gasteiger partial charge in [0.1, 0.15) is 0 Å². The normalized spacial score (nSPS) is 10.6. The molecule has 0 saturated heterocycles. The maximum Gasteiger partial charge on any atom is 0.251 e. The average Bonchev–Trinajstić information content (AvgIpc) is 2.55. The quantitative estimate of drug-likeness (QED) is 0.818. The molecule has 0 aliphatic carbocycles. The molecule has 0 aromatic heterocycles. The summed E-state index contributed by atoms with van der Waals surface area (Å²) in [5, 5.41) is 6.37. The third kappa shape index (κ3) is 5.22. The second-order valence-electron chi connectivity index (χ2n) is 5.99. The van der Waals surface area contributed by atoms with Gasteiger partial charge in [-0.25, -0.2) is 0 Å². The van der Waals surface area contributed by atoms with Crippen LogP contribution in [0.1, 0.15) is 46.0 Å². The first-order chi connectivity index (χ1) is 11.1. The zero-order valence-electron chi connectivity index (χ0n) is 14.3. The minimum atomic E-state index is 0.00285. The molecule has 2 aromatic carbocycles. The summed E-state index contributed by atoms with van der Waals surface area (Å²) in [6.07, 6.45) is 0.947. The van der Waals surface area contributed by atoms with Crippen LogP contribution < -0.4 is 10.6 Å². The maximum atomic E-state index is 12.0. The predicted molar refractivity (Wildman–Crippen MR) is 95.5 cm³/mol. The van der Waals surface area contributed by atoms with E-state index in [0.717, 1.165) is 30.6 Å². The van der Waals surface area contributed by atoms with Crippen molar-refractivity contribution in [3.05, 3.63) is 70.3 Å². The summed E-state index contributed by atoms with van der Waals surface area (Å²) in [6.45, 7) is 8.60. The first kappa shape index (κ1) is 17.2. The van der Waals surface area contributed by atoms with Crippen LogP contribution in [0.5, 0.6) is 0 Å². The lowest BCUT2D eigenvalue weighted by atomic mass is 10.1. The Morgan fingerprint density at radius 3 is 2.61 bits per heavy atom. The van der Waals surface area contributed by atoms with E-state index < -0.39 is 0 Å². The zero-order valence-corrected chi connectivity index (χ0v) is 14.3. The van der Waals surface area contributed by atoms with E-state index in [9.17, 15) is 4.79 Å². The number of carbonyl (C=O) groups is 1. The molecular formula is C20H26N2O. The van der Waals surface area contributed by atoms with E-state index in [2.05, 4.69) is 42.7 Å². The van der Waals surface area contributed by atoms with E-state index >= 15 is 0 Å². The van der Waals surface area contributed by atoms with Crippen molar-refractivity contribution in [1.29, 1.82) is 0 Å². The van der Waals surface area contributed by atoms with E-state index in [1.165, 1.54) is 16.7 Å². The highest BCUT2D eigenvalue weighted by atomic mass is 16.1. The molecule has 2 N–H and O–H groups in total. The van der Waals surface area contributed by atoms with Gasteiger partial charge in [-0.1, -0.05) is 42.8 Å². The Kier molecular flexibility index (Phi) is 6.36. The summed E-state index contributed by atoms with van der Waals surface area (Å²) in [7, 11) is 0. The van der Waals surface area contributed by atoms with Crippen LogP contribution in [0.4, 0.5) is 0 Å². The minimum absolute atomic E-state index is 0.00285. The van der Waals surface area contributed by atoms with Crippen LogP contribution in [-0.4, -0.2) is 12.5 Å². The Morgan fingerprint density at radius 1 is 1.04 bits per heavy atom. The summed E-state index contributed by atoms with van der Waals surface area (Å²) in [5.74, 6) is 0.00285. The van der Waals surface area contributed by atoms with E-state index in [1.807, 2.05) is 31.2 Å². The fraction of sp³-hybridized carbons (Fsp3) is 0.350. The van der Waals surface area contributed by atoms with E-state index in [-0.39, 0.29) is 5.91 Å². The predicted octanol–water partition coefficient (Wildman–Crippen LogP) is 3.73. The van der Waals surface area contributed by atoms with Crippen LogP contribution in [0.25, 0.3) is 0 Å². The molecule has 0 fully saturated rings. The molecule has 3 nitrogen and oxygen atoms in total. The van der Waals surface area contributed by atoms with Crippen LogP contribution in [-0.2, 0) is 13.1 Å². The number of hydrogen-bond donors (Lipinski definition) is 2. The molecule has 0 aliphatic heterocycles. The molecule has 0 radical (unpaired) electrons. The largest absolute Gasteiger partial charge is 0.352 e. The fourth-order valence-corrected chi connectivity index (χ4v) is 2.55. The molecule has 0 saturated carbocycles. The van der Waals surface area contributed by atoms with Crippen molar-refractivity contribution >= 4 is 5.91 Å². The molecule has 2 rings (SSSR count). The second-order valence-corrected chi connectivity index (χ2v) is 5.99. The van der Waals surface area contributed by atoms with Crippen molar-refractivity contribution in [2.75, 3.05) is 6.54 Å². The van der Waals surface area contributed by atoms with Gasteiger partial charge in [-0.2, -0.15) is 0 Å². The topological polar surface area (TPSA) is 41.1 Å². The third-order valence-corrected chi connectivity index (χ3v) is 3.87. The van der Waals surface area contributed by atoms with Crippen LogP contribution in [0.2, 0.25) is 0 Å². The van der Waals surface area contributed by atoms with E-state index in [1.54, 1.807) is 0 Å².